The summed E-state index contributed by atoms with van der Waals surface area (Å²) >= 11 is 0. The van der Waals surface area contributed by atoms with Crippen LogP contribution in [0.2, 0.25) is 0 Å². The van der Waals surface area contributed by atoms with E-state index >= 15 is 14.4 Å². The van der Waals surface area contributed by atoms with Crippen LogP contribution in [0.4, 0.5) is 5.69 Å². The van der Waals surface area contributed by atoms with E-state index in [4.69, 9.17) is 4.74 Å². The van der Waals surface area contributed by atoms with Crippen molar-refractivity contribution >= 4 is 34.4 Å². The molecular formula is C43H35NO4. The molecule has 5 aromatic rings. The molecule has 1 heterocycles. The third-order valence-electron chi connectivity index (χ3n) is 10.5. The number of amides is 2. The molecule has 5 heteroatoms. The van der Waals surface area contributed by atoms with Gasteiger partial charge in [0.05, 0.1) is 35.0 Å². The Balaban J connectivity index is 1.51. The molecule has 0 radical (unpaired) electrons. The van der Waals surface area contributed by atoms with Gasteiger partial charge in [0.2, 0.25) is 11.8 Å². The molecule has 5 nitrogen and oxygen atoms in total. The van der Waals surface area contributed by atoms with Gasteiger partial charge in [-0.1, -0.05) is 120 Å². The second-order valence-electron chi connectivity index (χ2n) is 13.1. The number of imide groups is 1. The maximum absolute atomic E-state index is 16.0. The Hall–Kier alpha value is -5.55. The van der Waals surface area contributed by atoms with Crippen molar-refractivity contribution in [2.75, 3.05) is 11.5 Å². The first kappa shape index (κ1) is 29.8. The van der Waals surface area contributed by atoms with Gasteiger partial charge in [-0.15, -0.1) is 0 Å². The van der Waals surface area contributed by atoms with Crippen LogP contribution in [0.15, 0.2) is 133 Å². The molecule has 3 aliphatic rings. The lowest BCUT2D eigenvalue weighted by atomic mass is 9.59. The van der Waals surface area contributed by atoms with E-state index in [0.29, 0.717) is 18.0 Å². The molecular weight excluding hydrogens is 594 g/mol. The highest BCUT2D eigenvalue weighted by atomic mass is 16.5. The Morgan fingerprint density at radius 1 is 0.562 bits per heavy atom. The predicted octanol–water partition coefficient (Wildman–Crippen LogP) is 7.89. The van der Waals surface area contributed by atoms with E-state index in [2.05, 4.69) is 24.3 Å². The number of carbonyl (C=O) groups is 3. The van der Waals surface area contributed by atoms with Crippen molar-refractivity contribution in [1.82, 2.24) is 0 Å². The summed E-state index contributed by atoms with van der Waals surface area (Å²) in [5.74, 6) is -2.12. The Morgan fingerprint density at radius 3 is 1.38 bits per heavy atom. The number of hydrogen-bond donors (Lipinski definition) is 0. The van der Waals surface area contributed by atoms with E-state index < -0.39 is 22.7 Å². The van der Waals surface area contributed by atoms with E-state index in [0.717, 1.165) is 44.5 Å². The van der Waals surface area contributed by atoms with Crippen molar-refractivity contribution in [3.05, 3.63) is 167 Å². The summed E-state index contributed by atoms with van der Waals surface area (Å²) in [7, 11) is 0. The van der Waals surface area contributed by atoms with Gasteiger partial charge in [0.15, 0.2) is 5.78 Å². The number of carbonyl (C=O) groups excluding carboxylic acids is 3. The van der Waals surface area contributed by atoms with Gasteiger partial charge in [-0.2, -0.15) is 0 Å². The number of Topliss-reactive ketones (excluding diaryl/α,β-unsaturated/α-hetero) is 1. The lowest BCUT2D eigenvalue weighted by Crippen LogP contribution is -2.45. The smallest absolute Gasteiger partial charge is 0.239 e. The number of aryl methyl sites for hydroxylation is 2. The second kappa shape index (κ2) is 11.0. The van der Waals surface area contributed by atoms with Gasteiger partial charge in [-0.3, -0.25) is 14.4 Å². The molecule has 2 bridgehead atoms. The van der Waals surface area contributed by atoms with Crippen LogP contribution in [-0.4, -0.2) is 24.2 Å². The molecule has 236 valence electrons. The van der Waals surface area contributed by atoms with Gasteiger partial charge < -0.3 is 4.74 Å². The van der Waals surface area contributed by atoms with E-state index in [1.165, 1.54) is 4.90 Å². The second-order valence-corrected chi connectivity index (χ2v) is 13.1. The zero-order valence-corrected chi connectivity index (χ0v) is 27.1. The minimum atomic E-state index is -1.43. The van der Waals surface area contributed by atoms with Crippen molar-refractivity contribution < 1.29 is 19.1 Å². The monoisotopic (exact) mass is 629 g/mol. The van der Waals surface area contributed by atoms with Gasteiger partial charge in [0.25, 0.3) is 0 Å². The number of ether oxygens (including phenoxy) is 1. The molecule has 8 rings (SSSR count). The first-order valence-electron chi connectivity index (χ1n) is 16.5. The maximum Gasteiger partial charge on any atom is 0.239 e. The molecule has 2 aliphatic carbocycles. The fourth-order valence-electron chi connectivity index (χ4n) is 8.68. The van der Waals surface area contributed by atoms with E-state index in [1.807, 2.05) is 106 Å². The number of nitrogens with zero attached hydrogens (tertiary/aromatic N) is 1. The van der Waals surface area contributed by atoms with Crippen molar-refractivity contribution in [1.29, 1.82) is 0 Å². The molecule has 48 heavy (non-hydrogen) atoms. The SMILES string of the molecule is CCOc1ccc(N2C(=O)[C@H]3[C@H](C2=O)[C@@]2(c4ccccc4)C(=O)[C@@]3(c3ccccc3)C(c3ccc(C)cc3)=C2c2ccc(C)cc2)cc1. The number of rotatable bonds is 7. The summed E-state index contributed by atoms with van der Waals surface area (Å²) < 4.78 is 5.66. The molecule has 2 fully saturated rings. The van der Waals surface area contributed by atoms with Gasteiger partial charge in [0, 0.05) is 0 Å². The van der Waals surface area contributed by atoms with Crippen LogP contribution < -0.4 is 9.64 Å². The highest BCUT2D eigenvalue weighted by Crippen LogP contribution is 2.74. The maximum atomic E-state index is 16.0. The number of fused-ring (bicyclic) bond motifs is 5. The van der Waals surface area contributed by atoms with Crippen LogP contribution in [-0.2, 0) is 25.2 Å². The summed E-state index contributed by atoms with van der Waals surface area (Å²) in [6.45, 7) is 6.48. The zero-order chi connectivity index (χ0) is 33.2. The fraction of sp³-hybridized carbons (Fsp3) is 0.186. The van der Waals surface area contributed by atoms with E-state index in [1.54, 1.807) is 24.3 Å². The molecule has 1 saturated heterocycles. The molecule has 0 aromatic heterocycles. The molecule has 1 saturated carbocycles. The first-order chi connectivity index (χ1) is 23.3. The molecule has 0 unspecified atom stereocenters. The molecule has 5 aromatic carbocycles. The standard InChI is InChI=1S/C43H35NO4/c1-4-48-34-25-23-33(24-26-34)44-39(45)37-38(40(44)46)43(32-13-9-6-10-14-32)36(30-21-17-28(3)18-22-30)35(29-19-15-27(2)16-20-29)42(37,41(43)47)31-11-7-5-8-12-31/h5-26,37-38H,4H2,1-3H3/t37-,38-,42+,43+/m1/s1. The first-order valence-corrected chi connectivity index (χ1v) is 16.5. The summed E-state index contributed by atoms with van der Waals surface area (Å²) in [4.78, 5) is 47.5. The van der Waals surface area contributed by atoms with Crippen LogP contribution in [0.1, 0.15) is 40.3 Å². The molecule has 0 spiro atoms. The molecule has 4 atom stereocenters. The third kappa shape index (κ3) is 3.88. The average molecular weight is 630 g/mol. The van der Waals surface area contributed by atoms with Gasteiger partial charge in [0.1, 0.15) is 5.75 Å². The summed E-state index contributed by atoms with van der Waals surface area (Å²) in [5.41, 5.74) is 4.54. The number of anilines is 1. The Labute approximate surface area is 280 Å². The molecule has 0 N–H and O–H groups in total. The molecule has 2 amide bonds. The number of ketones is 1. The Morgan fingerprint density at radius 2 is 0.979 bits per heavy atom. The molecule has 1 aliphatic heterocycles. The van der Waals surface area contributed by atoms with Crippen LogP contribution in [0.25, 0.3) is 11.1 Å². The van der Waals surface area contributed by atoms with Gasteiger partial charge >= 0.3 is 0 Å². The van der Waals surface area contributed by atoms with Crippen LogP contribution in [0.3, 0.4) is 0 Å². The third-order valence-corrected chi connectivity index (χ3v) is 10.5. The van der Waals surface area contributed by atoms with Crippen LogP contribution in [0.5, 0.6) is 5.75 Å². The number of allylic oxidation sites excluding steroid dienone is 2. The van der Waals surface area contributed by atoms with Crippen molar-refractivity contribution in [2.45, 2.75) is 31.6 Å². The van der Waals surface area contributed by atoms with Crippen LogP contribution >= 0.6 is 0 Å². The van der Waals surface area contributed by atoms with Crippen molar-refractivity contribution in [3.63, 3.8) is 0 Å². The topological polar surface area (TPSA) is 63.7 Å². The predicted molar refractivity (Wildman–Crippen MR) is 188 cm³/mol. The highest BCUT2D eigenvalue weighted by molar-refractivity contribution is 6.39. The van der Waals surface area contributed by atoms with Crippen molar-refractivity contribution in [3.8, 4) is 5.75 Å². The number of benzene rings is 5. The summed E-state index contributed by atoms with van der Waals surface area (Å²) in [6.07, 6.45) is 0. The number of hydrogen-bond acceptors (Lipinski definition) is 4. The Bertz CT molecular complexity index is 1970. The summed E-state index contributed by atoms with van der Waals surface area (Å²) in [5, 5.41) is 0. The van der Waals surface area contributed by atoms with Gasteiger partial charge in [-0.25, -0.2) is 4.90 Å². The quantitative estimate of drug-likeness (QED) is 0.172. The highest BCUT2D eigenvalue weighted by Gasteiger charge is 2.82. The Kier molecular flexibility index (Phi) is 6.85. The van der Waals surface area contributed by atoms with Gasteiger partial charge in [-0.05, 0) is 78.4 Å². The lowest BCUT2D eigenvalue weighted by Gasteiger charge is -2.39. The zero-order valence-electron chi connectivity index (χ0n) is 27.1. The average Bonchev–Trinajstić information content (AvgIpc) is 3.62. The fourth-order valence-corrected chi connectivity index (χ4v) is 8.68. The normalized spacial score (nSPS) is 24.4. The largest absolute Gasteiger partial charge is 0.494 e. The van der Waals surface area contributed by atoms with Crippen LogP contribution in [0, 0.1) is 25.7 Å². The minimum Gasteiger partial charge on any atom is -0.494 e. The summed E-state index contributed by atoms with van der Waals surface area (Å²) in [6, 6.07) is 42.7. The lowest BCUT2D eigenvalue weighted by molar-refractivity contribution is -0.130. The minimum absolute atomic E-state index is 0.124. The van der Waals surface area contributed by atoms with E-state index in [9.17, 15) is 0 Å². The van der Waals surface area contributed by atoms with E-state index in [-0.39, 0.29) is 17.6 Å². The van der Waals surface area contributed by atoms with Crippen molar-refractivity contribution in [2.24, 2.45) is 11.8 Å².